The number of carbonyl (C=O) groups excluding carboxylic acids is 1. The van der Waals surface area contributed by atoms with Crippen LogP contribution in [0.5, 0.6) is 0 Å². The van der Waals surface area contributed by atoms with E-state index in [-0.39, 0.29) is 12.5 Å². The third-order valence-electron chi connectivity index (χ3n) is 4.90. The Balaban J connectivity index is 1.75. The molecule has 0 aliphatic rings. The van der Waals surface area contributed by atoms with E-state index in [4.69, 9.17) is 15.1 Å². The fourth-order valence-electron chi connectivity index (χ4n) is 3.52. The molecule has 7 nitrogen and oxygen atoms in total. The Morgan fingerprint density at radius 3 is 2.17 bits per heavy atom. The summed E-state index contributed by atoms with van der Waals surface area (Å²) in [5.41, 5.74) is 4.93. The molecule has 0 saturated carbocycles. The van der Waals surface area contributed by atoms with Gasteiger partial charge in [-0.05, 0) is 48.9 Å². The number of aliphatic hydroxyl groups excluding tert-OH is 1. The Labute approximate surface area is 165 Å². The molecule has 0 radical (unpaired) electrons. The number of pyridine rings is 2. The molecule has 2 aromatic carbocycles. The van der Waals surface area contributed by atoms with Crippen LogP contribution in [0.3, 0.4) is 0 Å². The van der Waals surface area contributed by atoms with Gasteiger partial charge in [-0.1, -0.05) is 0 Å². The van der Waals surface area contributed by atoms with Gasteiger partial charge in [-0.15, -0.1) is 0 Å². The lowest BCUT2D eigenvalue weighted by Gasteiger charge is -2.09. The molecule has 0 saturated heterocycles. The molecule has 3 heterocycles. The summed E-state index contributed by atoms with van der Waals surface area (Å²) >= 11 is 0. The lowest BCUT2D eigenvalue weighted by molar-refractivity contribution is 0.0951. The average Bonchev–Trinajstić information content (AvgIpc) is 2.78. The Morgan fingerprint density at radius 1 is 0.862 bits per heavy atom. The zero-order chi connectivity index (χ0) is 19.8. The number of fused-ring (bicyclic) bond motifs is 7. The molecule has 29 heavy (non-hydrogen) atoms. The van der Waals surface area contributed by atoms with Crippen molar-refractivity contribution in [2.75, 3.05) is 13.2 Å². The third kappa shape index (κ3) is 2.92. The normalized spacial score (nSPS) is 11.5. The molecule has 0 atom stereocenters. The van der Waals surface area contributed by atoms with E-state index < -0.39 is 0 Å². The van der Waals surface area contributed by atoms with E-state index in [0.29, 0.717) is 29.6 Å². The van der Waals surface area contributed by atoms with E-state index in [2.05, 4.69) is 15.3 Å². The molecule has 5 rings (SSSR count). The summed E-state index contributed by atoms with van der Waals surface area (Å²) in [5.74, 6) is -0.198. The predicted octanol–water partition coefficient (Wildman–Crippen LogP) is 2.99. The van der Waals surface area contributed by atoms with Crippen LogP contribution < -0.4 is 5.32 Å². The highest BCUT2D eigenvalue weighted by atomic mass is 16.3. The first-order valence-corrected chi connectivity index (χ1v) is 9.38. The molecule has 7 heteroatoms. The smallest absolute Gasteiger partial charge is 0.251 e. The van der Waals surface area contributed by atoms with Crippen LogP contribution in [0.2, 0.25) is 0 Å². The Hall–Kier alpha value is -3.71. The van der Waals surface area contributed by atoms with Crippen molar-refractivity contribution in [2.24, 2.45) is 0 Å². The topological polar surface area (TPSA) is 101 Å². The largest absolute Gasteiger partial charge is 0.396 e. The first-order chi connectivity index (χ1) is 14.3. The molecule has 142 valence electrons. The number of hydrogen-bond acceptors (Lipinski definition) is 6. The van der Waals surface area contributed by atoms with Crippen molar-refractivity contribution in [3.05, 3.63) is 60.4 Å². The number of benzene rings is 2. The number of amides is 1. The molecule has 0 bridgehead atoms. The van der Waals surface area contributed by atoms with Gasteiger partial charge < -0.3 is 10.4 Å². The molecule has 0 unspecified atom stereocenters. The monoisotopic (exact) mass is 383 g/mol. The van der Waals surface area contributed by atoms with Gasteiger partial charge in [0.25, 0.3) is 5.91 Å². The van der Waals surface area contributed by atoms with Gasteiger partial charge in [0.2, 0.25) is 0 Å². The van der Waals surface area contributed by atoms with Gasteiger partial charge in [-0.3, -0.25) is 14.8 Å². The standard InChI is InChI=1S/C22H17N5O2/c28-11-3-10-25-22(29)13-6-7-16-17(12-13)27-21-15-5-2-9-24-19(15)18-14(20(21)26-16)4-1-8-23-18/h1-2,4-9,12,28H,3,10-11H2,(H,25,29). The van der Waals surface area contributed by atoms with Crippen molar-refractivity contribution in [2.45, 2.75) is 6.42 Å². The third-order valence-corrected chi connectivity index (χ3v) is 4.90. The van der Waals surface area contributed by atoms with Crippen molar-refractivity contribution in [1.82, 2.24) is 25.3 Å². The maximum atomic E-state index is 12.4. The zero-order valence-electron chi connectivity index (χ0n) is 15.5. The van der Waals surface area contributed by atoms with Gasteiger partial charge in [-0.25, -0.2) is 9.97 Å². The van der Waals surface area contributed by atoms with Crippen LogP contribution in [0.4, 0.5) is 0 Å². The molecule has 2 N–H and O–H groups in total. The minimum atomic E-state index is -0.198. The van der Waals surface area contributed by atoms with Crippen molar-refractivity contribution in [3.63, 3.8) is 0 Å². The first kappa shape index (κ1) is 17.4. The minimum absolute atomic E-state index is 0.0411. The summed E-state index contributed by atoms with van der Waals surface area (Å²) in [7, 11) is 0. The van der Waals surface area contributed by atoms with Crippen molar-refractivity contribution in [1.29, 1.82) is 0 Å². The predicted molar refractivity (Wildman–Crippen MR) is 112 cm³/mol. The molecule has 3 aromatic heterocycles. The molecule has 0 fully saturated rings. The number of hydrogen-bond donors (Lipinski definition) is 2. The van der Waals surface area contributed by atoms with Crippen molar-refractivity contribution < 1.29 is 9.90 Å². The summed E-state index contributed by atoms with van der Waals surface area (Å²) in [5, 5.41) is 13.4. The molecule has 0 aliphatic carbocycles. The molecule has 1 amide bonds. The van der Waals surface area contributed by atoms with Gasteiger partial charge >= 0.3 is 0 Å². The summed E-state index contributed by atoms with van der Waals surface area (Å²) in [6, 6.07) is 13.0. The maximum absolute atomic E-state index is 12.4. The van der Waals surface area contributed by atoms with Gasteiger partial charge in [0, 0.05) is 41.9 Å². The molecular formula is C22H17N5O2. The van der Waals surface area contributed by atoms with Gasteiger partial charge in [-0.2, -0.15) is 0 Å². The Bertz CT molecular complexity index is 1400. The van der Waals surface area contributed by atoms with Gasteiger partial charge in [0.15, 0.2) is 0 Å². The number of nitrogens with zero attached hydrogens (tertiary/aromatic N) is 4. The summed E-state index contributed by atoms with van der Waals surface area (Å²) in [6.07, 6.45) is 4.01. The van der Waals surface area contributed by atoms with E-state index in [0.717, 1.165) is 32.8 Å². The van der Waals surface area contributed by atoms with Crippen LogP contribution >= 0.6 is 0 Å². The SMILES string of the molecule is O=C(NCCCO)c1ccc2nc3c4cccnc4c4ncccc4c3nc2c1. The second kappa shape index (κ2) is 7.03. The average molecular weight is 383 g/mol. The lowest BCUT2D eigenvalue weighted by Crippen LogP contribution is -2.24. The highest BCUT2D eigenvalue weighted by Gasteiger charge is 2.14. The van der Waals surface area contributed by atoms with Crippen molar-refractivity contribution >= 4 is 49.8 Å². The Kier molecular flexibility index (Phi) is 4.22. The molecule has 0 aliphatic heterocycles. The second-order valence-corrected chi connectivity index (χ2v) is 6.76. The molecule has 5 aromatic rings. The number of aliphatic hydroxyl groups is 1. The van der Waals surface area contributed by atoms with Crippen molar-refractivity contribution in [3.8, 4) is 0 Å². The number of aromatic nitrogens is 4. The van der Waals surface area contributed by atoms with E-state index >= 15 is 0 Å². The minimum Gasteiger partial charge on any atom is -0.396 e. The highest BCUT2D eigenvalue weighted by molar-refractivity contribution is 6.21. The quantitative estimate of drug-likeness (QED) is 0.281. The fraction of sp³-hybridized carbons (Fsp3) is 0.136. The van der Waals surface area contributed by atoms with Crippen LogP contribution in [0, 0.1) is 0 Å². The van der Waals surface area contributed by atoms with E-state index in [1.807, 2.05) is 24.3 Å². The van der Waals surface area contributed by atoms with Crippen LogP contribution in [-0.2, 0) is 0 Å². The number of rotatable bonds is 4. The van der Waals surface area contributed by atoms with Crippen LogP contribution in [-0.4, -0.2) is 44.1 Å². The maximum Gasteiger partial charge on any atom is 0.251 e. The zero-order valence-corrected chi connectivity index (χ0v) is 15.5. The second-order valence-electron chi connectivity index (χ2n) is 6.76. The lowest BCUT2D eigenvalue weighted by atomic mass is 10.1. The summed E-state index contributed by atoms with van der Waals surface area (Å²) in [6.45, 7) is 0.464. The summed E-state index contributed by atoms with van der Waals surface area (Å²) < 4.78 is 0. The fourth-order valence-corrected chi connectivity index (χ4v) is 3.52. The van der Waals surface area contributed by atoms with Crippen LogP contribution in [0.1, 0.15) is 16.8 Å². The molecular weight excluding hydrogens is 366 g/mol. The first-order valence-electron chi connectivity index (χ1n) is 9.38. The Morgan fingerprint density at radius 2 is 1.52 bits per heavy atom. The molecule has 0 spiro atoms. The van der Waals surface area contributed by atoms with Gasteiger partial charge in [0.05, 0.1) is 33.1 Å². The van der Waals surface area contributed by atoms with E-state index in [1.165, 1.54) is 0 Å². The highest BCUT2D eigenvalue weighted by Crippen LogP contribution is 2.31. The van der Waals surface area contributed by atoms with E-state index in [1.54, 1.807) is 30.6 Å². The summed E-state index contributed by atoms with van der Waals surface area (Å²) in [4.78, 5) is 31.1. The number of carbonyl (C=O) groups is 1. The number of nitrogens with one attached hydrogen (secondary N) is 1. The van der Waals surface area contributed by atoms with Gasteiger partial charge in [0.1, 0.15) is 0 Å². The van der Waals surface area contributed by atoms with Crippen LogP contribution in [0.25, 0.3) is 43.9 Å². The van der Waals surface area contributed by atoms with Crippen LogP contribution in [0.15, 0.2) is 54.9 Å². The van der Waals surface area contributed by atoms with E-state index in [9.17, 15) is 4.79 Å².